The monoisotopic (exact) mass is 367 g/mol. The van der Waals surface area contributed by atoms with E-state index in [1.54, 1.807) is 0 Å². The summed E-state index contributed by atoms with van der Waals surface area (Å²) in [5.41, 5.74) is 2.78. The van der Waals surface area contributed by atoms with Crippen LogP contribution in [0.5, 0.6) is 0 Å². The molecule has 4 rings (SSSR count). The number of benzene rings is 1. The van der Waals surface area contributed by atoms with Gasteiger partial charge in [0.25, 0.3) is 5.91 Å². The predicted octanol–water partition coefficient (Wildman–Crippen LogP) is 2.60. The van der Waals surface area contributed by atoms with E-state index >= 15 is 0 Å². The van der Waals surface area contributed by atoms with Crippen molar-refractivity contribution >= 4 is 5.91 Å². The number of hydrogen-bond donors (Lipinski definition) is 1. The SMILES string of the molecule is Cc1c(C(=O)N2CCC(Cc3ccccc3)C2C)nnn1C1CCNCC1. The lowest BCUT2D eigenvalue weighted by Gasteiger charge is -2.25. The fourth-order valence-corrected chi connectivity index (χ4v) is 4.55. The number of carbonyl (C=O) groups is 1. The van der Waals surface area contributed by atoms with Crippen LogP contribution in [0.3, 0.4) is 0 Å². The van der Waals surface area contributed by atoms with Crippen molar-refractivity contribution in [3.8, 4) is 0 Å². The lowest BCUT2D eigenvalue weighted by molar-refractivity contribution is 0.0725. The maximum absolute atomic E-state index is 13.2. The molecule has 27 heavy (non-hydrogen) atoms. The van der Waals surface area contributed by atoms with Gasteiger partial charge in [0, 0.05) is 12.6 Å². The van der Waals surface area contributed by atoms with Gasteiger partial charge in [-0.25, -0.2) is 4.68 Å². The number of amides is 1. The van der Waals surface area contributed by atoms with Crippen molar-refractivity contribution in [3.63, 3.8) is 0 Å². The van der Waals surface area contributed by atoms with Gasteiger partial charge >= 0.3 is 0 Å². The van der Waals surface area contributed by atoms with Gasteiger partial charge in [-0.3, -0.25) is 4.79 Å². The highest BCUT2D eigenvalue weighted by atomic mass is 16.2. The van der Waals surface area contributed by atoms with Crippen molar-refractivity contribution in [1.82, 2.24) is 25.2 Å². The van der Waals surface area contributed by atoms with Crippen LogP contribution in [-0.4, -0.2) is 51.5 Å². The molecule has 2 saturated heterocycles. The van der Waals surface area contributed by atoms with Crippen LogP contribution >= 0.6 is 0 Å². The third kappa shape index (κ3) is 3.63. The molecule has 1 amide bonds. The molecule has 3 heterocycles. The van der Waals surface area contributed by atoms with Crippen molar-refractivity contribution in [2.45, 2.75) is 51.6 Å². The number of nitrogens with one attached hydrogen (secondary N) is 1. The van der Waals surface area contributed by atoms with Crippen LogP contribution in [0.4, 0.5) is 0 Å². The number of nitrogens with zero attached hydrogens (tertiary/aromatic N) is 4. The Hall–Kier alpha value is -2.21. The Kier molecular flexibility index (Phi) is 5.25. The molecule has 6 nitrogen and oxygen atoms in total. The van der Waals surface area contributed by atoms with Crippen LogP contribution in [0.15, 0.2) is 30.3 Å². The van der Waals surface area contributed by atoms with Gasteiger partial charge in [0.05, 0.1) is 11.7 Å². The van der Waals surface area contributed by atoms with Crippen molar-refractivity contribution < 1.29 is 4.79 Å². The number of rotatable bonds is 4. The lowest BCUT2D eigenvalue weighted by Crippen LogP contribution is -2.37. The normalized spacial score (nSPS) is 23.7. The van der Waals surface area contributed by atoms with Gasteiger partial charge in [-0.1, -0.05) is 35.5 Å². The van der Waals surface area contributed by atoms with Crippen LogP contribution < -0.4 is 5.32 Å². The van der Waals surface area contributed by atoms with Crippen LogP contribution in [0.2, 0.25) is 0 Å². The van der Waals surface area contributed by atoms with Crippen molar-refractivity contribution in [1.29, 1.82) is 0 Å². The molecule has 2 aromatic rings. The second-order valence-electron chi connectivity index (χ2n) is 7.93. The molecule has 2 aliphatic heterocycles. The maximum atomic E-state index is 13.2. The average molecular weight is 367 g/mol. The Labute approximate surface area is 160 Å². The van der Waals surface area contributed by atoms with E-state index in [2.05, 4.69) is 46.8 Å². The quantitative estimate of drug-likeness (QED) is 0.902. The number of aromatic nitrogens is 3. The molecule has 2 aliphatic rings. The van der Waals surface area contributed by atoms with Gasteiger partial charge in [-0.2, -0.15) is 0 Å². The molecule has 6 heteroatoms. The van der Waals surface area contributed by atoms with Crippen LogP contribution in [0.25, 0.3) is 0 Å². The molecule has 1 aromatic heterocycles. The molecule has 0 bridgehead atoms. The molecule has 2 atom stereocenters. The third-order valence-corrected chi connectivity index (χ3v) is 6.30. The summed E-state index contributed by atoms with van der Waals surface area (Å²) in [6.07, 6.45) is 4.14. The van der Waals surface area contributed by atoms with Gasteiger partial charge in [-0.15, -0.1) is 5.10 Å². The molecular weight excluding hydrogens is 338 g/mol. The highest BCUT2D eigenvalue weighted by Gasteiger charge is 2.36. The fourth-order valence-electron chi connectivity index (χ4n) is 4.55. The topological polar surface area (TPSA) is 63.1 Å². The molecule has 0 radical (unpaired) electrons. The summed E-state index contributed by atoms with van der Waals surface area (Å²) in [4.78, 5) is 15.2. The predicted molar refractivity (Wildman–Crippen MR) is 105 cm³/mol. The van der Waals surface area contributed by atoms with E-state index < -0.39 is 0 Å². The minimum absolute atomic E-state index is 0.0377. The Bertz CT molecular complexity index is 781. The molecule has 0 spiro atoms. The number of piperidine rings is 1. The van der Waals surface area contributed by atoms with E-state index in [0.29, 0.717) is 17.7 Å². The summed E-state index contributed by atoms with van der Waals surface area (Å²) < 4.78 is 1.97. The van der Waals surface area contributed by atoms with Crippen LogP contribution in [0.1, 0.15) is 54.0 Å². The van der Waals surface area contributed by atoms with Crippen molar-refractivity contribution in [3.05, 3.63) is 47.3 Å². The summed E-state index contributed by atoms with van der Waals surface area (Å²) in [5, 5.41) is 12.0. The van der Waals surface area contributed by atoms with Gasteiger partial charge in [0.1, 0.15) is 0 Å². The lowest BCUT2D eigenvalue weighted by atomic mass is 9.93. The Balaban J connectivity index is 1.46. The van der Waals surface area contributed by atoms with E-state index in [9.17, 15) is 4.79 Å². The first-order chi connectivity index (χ1) is 13.1. The summed E-state index contributed by atoms with van der Waals surface area (Å²) >= 11 is 0. The van der Waals surface area contributed by atoms with Crippen LogP contribution in [0, 0.1) is 12.8 Å². The van der Waals surface area contributed by atoms with Crippen molar-refractivity contribution in [2.75, 3.05) is 19.6 Å². The van der Waals surface area contributed by atoms with E-state index in [-0.39, 0.29) is 11.9 Å². The standard InChI is InChI=1S/C21H29N5O/c1-15-18(14-17-6-4-3-5-7-17)10-13-25(15)21(27)20-16(2)26(24-23-20)19-8-11-22-12-9-19/h3-7,15,18-19,22H,8-14H2,1-2H3. The van der Waals surface area contributed by atoms with Gasteiger partial charge < -0.3 is 10.2 Å². The molecule has 0 aliphatic carbocycles. The fraction of sp³-hybridized carbons (Fsp3) is 0.571. The zero-order valence-corrected chi connectivity index (χ0v) is 16.3. The average Bonchev–Trinajstić information content (AvgIpc) is 3.26. The summed E-state index contributed by atoms with van der Waals surface area (Å²) in [6, 6.07) is 11.1. The van der Waals surface area contributed by atoms with E-state index in [1.165, 1.54) is 5.56 Å². The Morgan fingerprint density at radius 3 is 2.67 bits per heavy atom. The second-order valence-corrected chi connectivity index (χ2v) is 7.93. The minimum Gasteiger partial charge on any atom is -0.334 e. The van der Waals surface area contributed by atoms with E-state index in [1.807, 2.05) is 22.6 Å². The molecular formula is C21H29N5O. The molecule has 144 valence electrons. The molecule has 2 unspecified atom stereocenters. The summed E-state index contributed by atoms with van der Waals surface area (Å²) in [5.74, 6) is 0.534. The second kappa shape index (κ2) is 7.80. The zero-order valence-electron chi connectivity index (χ0n) is 16.3. The largest absolute Gasteiger partial charge is 0.334 e. The smallest absolute Gasteiger partial charge is 0.276 e. The Morgan fingerprint density at radius 1 is 1.19 bits per heavy atom. The third-order valence-electron chi connectivity index (χ3n) is 6.30. The number of hydrogen-bond acceptors (Lipinski definition) is 4. The minimum atomic E-state index is 0.0377. The first-order valence-corrected chi connectivity index (χ1v) is 10.1. The molecule has 2 fully saturated rings. The first kappa shape index (κ1) is 18.2. The van der Waals surface area contributed by atoms with E-state index in [4.69, 9.17) is 0 Å². The summed E-state index contributed by atoms with van der Waals surface area (Å²) in [6.45, 7) is 6.95. The van der Waals surface area contributed by atoms with E-state index in [0.717, 1.165) is 51.0 Å². The number of likely N-dealkylation sites (tertiary alicyclic amines) is 1. The van der Waals surface area contributed by atoms with Crippen LogP contribution in [-0.2, 0) is 6.42 Å². The maximum Gasteiger partial charge on any atom is 0.276 e. The number of carbonyl (C=O) groups excluding carboxylic acids is 1. The summed E-state index contributed by atoms with van der Waals surface area (Å²) in [7, 11) is 0. The zero-order chi connectivity index (χ0) is 18.8. The molecule has 0 saturated carbocycles. The first-order valence-electron chi connectivity index (χ1n) is 10.1. The van der Waals surface area contributed by atoms with Gasteiger partial charge in [0.2, 0.25) is 0 Å². The highest BCUT2D eigenvalue weighted by Crippen LogP contribution is 2.29. The molecule has 1 N–H and O–H groups in total. The van der Waals surface area contributed by atoms with Gasteiger partial charge in [-0.05, 0) is 64.1 Å². The highest BCUT2D eigenvalue weighted by molar-refractivity contribution is 5.93. The Morgan fingerprint density at radius 2 is 1.93 bits per heavy atom. The van der Waals surface area contributed by atoms with Crippen molar-refractivity contribution in [2.24, 2.45) is 5.92 Å². The van der Waals surface area contributed by atoms with Gasteiger partial charge in [0.15, 0.2) is 5.69 Å². The molecule has 1 aromatic carbocycles.